The first-order valence-electron chi connectivity index (χ1n) is 11.9. The molecule has 2 aromatic heterocycles. The van der Waals surface area contributed by atoms with Crippen LogP contribution in [-0.2, 0) is 0 Å². The van der Waals surface area contributed by atoms with Crippen LogP contribution in [0.15, 0.2) is 128 Å². The van der Waals surface area contributed by atoms with Crippen molar-refractivity contribution in [1.29, 1.82) is 0 Å². The van der Waals surface area contributed by atoms with E-state index in [1.54, 1.807) is 12.4 Å². The molecule has 0 aliphatic carbocycles. The third-order valence-corrected chi connectivity index (χ3v) is 6.20. The molecule has 0 fully saturated rings. The van der Waals surface area contributed by atoms with Crippen LogP contribution in [0.4, 0.5) is 17.1 Å². The molecule has 7 nitrogen and oxygen atoms in total. The highest BCUT2D eigenvalue weighted by Crippen LogP contribution is 2.50. The summed E-state index contributed by atoms with van der Waals surface area (Å²) in [5, 5.41) is 8.86. The molecular formula is C30H21N5O2. The fourth-order valence-electron chi connectivity index (χ4n) is 4.52. The van der Waals surface area contributed by atoms with Gasteiger partial charge in [0.05, 0.1) is 22.7 Å². The van der Waals surface area contributed by atoms with E-state index in [1.807, 2.05) is 107 Å². The minimum absolute atomic E-state index is 0.637. The predicted octanol–water partition coefficient (Wildman–Crippen LogP) is 7.43. The molecule has 6 aromatic rings. The highest BCUT2D eigenvalue weighted by molar-refractivity contribution is 5.85. The zero-order chi connectivity index (χ0) is 24.6. The largest absolute Gasteiger partial charge is 0.451 e. The van der Waals surface area contributed by atoms with Crippen molar-refractivity contribution in [3.8, 4) is 34.4 Å². The fraction of sp³-hybridized carbons (Fsp3) is 0. The summed E-state index contributed by atoms with van der Waals surface area (Å²) in [6, 6.07) is 33.8. The van der Waals surface area contributed by atoms with Gasteiger partial charge >= 0.3 is 0 Å². The van der Waals surface area contributed by atoms with E-state index in [0.717, 1.165) is 28.4 Å². The van der Waals surface area contributed by atoms with Gasteiger partial charge in [0.2, 0.25) is 0 Å². The third-order valence-electron chi connectivity index (χ3n) is 6.20. The maximum absolute atomic E-state index is 6.51. The first kappa shape index (κ1) is 21.0. The molecule has 7 rings (SSSR count). The van der Waals surface area contributed by atoms with Crippen LogP contribution < -0.4 is 14.4 Å². The van der Waals surface area contributed by atoms with Crippen LogP contribution in [0.3, 0.4) is 0 Å². The van der Waals surface area contributed by atoms with Gasteiger partial charge in [0.25, 0.3) is 0 Å². The molecular weight excluding hydrogens is 462 g/mol. The van der Waals surface area contributed by atoms with Crippen LogP contribution in [0.25, 0.3) is 11.4 Å². The molecule has 0 N–H and O–H groups in total. The normalized spacial score (nSPS) is 12.2. The minimum Gasteiger partial charge on any atom is -0.451 e. The third kappa shape index (κ3) is 3.79. The van der Waals surface area contributed by atoms with E-state index < -0.39 is 0 Å². The lowest BCUT2D eigenvalue weighted by Crippen LogP contribution is -2.13. The van der Waals surface area contributed by atoms with Crippen molar-refractivity contribution in [3.63, 3.8) is 0 Å². The topological polar surface area (TPSA) is 57.3 Å². The molecule has 1 aliphatic heterocycles. The Balaban J connectivity index is 1.51. The Morgan fingerprint density at radius 3 is 1.73 bits per heavy atom. The summed E-state index contributed by atoms with van der Waals surface area (Å²) in [5.74, 6) is 2.68. The van der Waals surface area contributed by atoms with Gasteiger partial charge in [0, 0.05) is 30.5 Å². The standard InChI is InChI=1S/C30H21N5O2/c1-2-11-27-25(10-1)35(24-9-5-8-22(20-24)33-18-6-16-31-33)26-21-23(34-19-7-17-32-34)14-15-28(26)37-30-13-4-3-12-29(30)36-27/h1-21H. The molecule has 0 radical (unpaired) electrons. The molecule has 3 heterocycles. The van der Waals surface area contributed by atoms with Crippen LogP contribution in [-0.4, -0.2) is 19.6 Å². The Labute approximate surface area is 213 Å². The minimum atomic E-state index is 0.637. The number of benzene rings is 4. The van der Waals surface area contributed by atoms with Crippen molar-refractivity contribution < 1.29 is 9.47 Å². The number of nitrogens with zero attached hydrogens (tertiary/aromatic N) is 5. The summed E-state index contributed by atoms with van der Waals surface area (Å²) in [4.78, 5) is 2.15. The molecule has 0 unspecified atom stereocenters. The summed E-state index contributed by atoms with van der Waals surface area (Å²) in [6.07, 6.45) is 7.39. The molecule has 0 saturated carbocycles. The number of aromatic nitrogens is 4. The quantitative estimate of drug-likeness (QED) is 0.262. The first-order chi connectivity index (χ1) is 18.3. The molecule has 37 heavy (non-hydrogen) atoms. The van der Waals surface area contributed by atoms with Crippen LogP contribution in [0.1, 0.15) is 0 Å². The highest BCUT2D eigenvalue weighted by Gasteiger charge is 2.25. The second-order valence-corrected chi connectivity index (χ2v) is 8.53. The van der Waals surface area contributed by atoms with Gasteiger partial charge in [-0.15, -0.1) is 0 Å². The Bertz CT molecular complexity index is 1690. The maximum atomic E-state index is 6.51. The monoisotopic (exact) mass is 483 g/mol. The number of para-hydroxylation sites is 4. The number of anilines is 3. The molecule has 4 aromatic carbocycles. The first-order valence-corrected chi connectivity index (χ1v) is 11.9. The van der Waals surface area contributed by atoms with Crippen molar-refractivity contribution in [3.05, 3.63) is 128 Å². The molecule has 1 aliphatic rings. The number of fused-ring (bicyclic) bond motifs is 3. The number of ether oxygens (including phenoxy) is 2. The molecule has 0 spiro atoms. The lowest BCUT2D eigenvalue weighted by Gasteiger charge is -2.28. The smallest absolute Gasteiger partial charge is 0.170 e. The molecule has 7 heteroatoms. The SMILES string of the molecule is c1cc(N2c3ccccc3Oc3ccccc3Oc3ccc(-n4cccn4)cc32)cc(-n2cccn2)c1. The van der Waals surface area contributed by atoms with Gasteiger partial charge in [0.1, 0.15) is 0 Å². The van der Waals surface area contributed by atoms with Crippen LogP contribution >= 0.6 is 0 Å². The summed E-state index contributed by atoms with van der Waals surface area (Å²) in [7, 11) is 0. The van der Waals surface area contributed by atoms with Gasteiger partial charge in [-0.2, -0.15) is 10.2 Å². The van der Waals surface area contributed by atoms with E-state index >= 15 is 0 Å². The van der Waals surface area contributed by atoms with Gasteiger partial charge in [0.15, 0.2) is 23.0 Å². The van der Waals surface area contributed by atoms with E-state index in [1.165, 1.54) is 0 Å². The lowest BCUT2D eigenvalue weighted by atomic mass is 10.1. The summed E-state index contributed by atoms with van der Waals surface area (Å²) in [6.45, 7) is 0. The zero-order valence-corrected chi connectivity index (χ0v) is 19.7. The van der Waals surface area contributed by atoms with E-state index in [2.05, 4.69) is 33.3 Å². The van der Waals surface area contributed by atoms with E-state index in [0.29, 0.717) is 23.0 Å². The van der Waals surface area contributed by atoms with Crippen molar-refractivity contribution in [1.82, 2.24) is 19.6 Å². The van der Waals surface area contributed by atoms with Crippen LogP contribution in [0, 0.1) is 0 Å². The maximum Gasteiger partial charge on any atom is 0.170 e. The zero-order valence-electron chi connectivity index (χ0n) is 19.7. The average molecular weight is 484 g/mol. The van der Waals surface area contributed by atoms with Crippen molar-refractivity contribution in [2.24, 2.45) is 0 Å². The highest BCUT2D eigenvalue weighted by atomic mass is 16.5. The number of rotatable bonds is 3. The molecule has 0 amide bonds. The van der Waals surface area contributed by atoms with Crippen LogP contribution in [0.5, 0.6) is 23.0 Å². The van der Waals surface area contributed by atoms with Gasteiger partial charge in [-0.25, -0.2) is 9.36 Å². The summed E-state index contributed by atoms with van der Waals surface area (Å²) < 4.78 is 16.6. The van der Waals surface area contributed by atoms with E-state index in [9.17, 15) is 0 Å². The van der Waals surface area contributed by atoms with Gasteiger partial charge in [-0.3, -0.25) is 0 Å². The van der Waals surface area contributed by atoms with E-state index in [-0.39, 0.29) is 0 Å². The Morgan fingerprint density at radius 1 is 0.459 bits per heavy atom. The van der Waals surface area contributed by atoms with Crippen molar-refractivity contribution in [2.45, 2.75) is 0 Å². The Kier molecular flexibility index (Phi) is 4.96. The van der Waals surface area contributed by atoms with Gasteiger partial charge < -0.3 is 14.4 Å². The van der Waals surface area contributed by atoms with Crippen LogP contribution in [0.2, 0.25) is 0 Å². The van der Waals surface area contributed by atoms with Crippen molar-refractivity contribution in [2.75, 3.05) is 4.90 Å². The molecule has 178 valence electrons. The fourth-order valence-corrected chi connectivity index (χ4v) is 4.52. The summed E-state index contributed by atoms with van der Waals surface area (Å²) >= 11 is 0. The number of hydrogen-bond donors (Lipinski definition) is 0. The second kappa shape index (κ2) is 8.73. The van der Waals surface area contributed by atoms with Crippen molar-refractivity contribution >= 4 is 17.1 Å². The lowest BCUT2D eigenvalue weighted by molar-refractivity contribution is 0.423. The number of hydrogen-bond acceptors (Lipinski definition) is 5. The average Bonchev–Trinajstić information content (AvgIpc) is 3.67. The Morgan fingerprint density at radius 2 is 1.05 bits per heavy atom. The molecule has 0 saturated heterocycles. The Hall–Kier alpha value is -5.30. The summed E-state index contributed by atoms with van der Waals surface area (Å²) in [5.41, 5.74) is 4.50. The molecule has 0 atom stereocenters. The molecule has 0 bridgehead atoms. The second-order valence-electron chi connectivity index (χ2n) is 8.53. The van der Waals surface area contributed by atoms with E-state index in [4.69, 9.17) is 9.47 Å². The van der Waals surface area contributed by atoms with Gasteiger partial charge in [-0.1, -0.05) is 30.3 Å². The predicted molar refractivity (Wildman–Crippen MR) is 142 cm³/mol. The van der Waals surface area contributed by atoms with Gasteiger partial charge in [-0.05, 0) is 72.8 Å².